The number of nitrogens with zero attached hydrogens (tertiary/aromatic N) is 1. The fraction of sp³-hybridized carbons (Fsp3) is 0.615. The number of amides is 1. The molecule has 0 radical (unpaired) electrons. The highest BCUT2D eigenvalue weighted by Crippen LogP contribution is 1.99. The Bertz CT molecular complexity index is 359. The normalized spacial score (nSPS) is 10.6. The highest BCUT2D eigenvalue weighted by atomic mass is 16.4. The zero-order chi connectivity index (χ0) is 14.5. The van der Waals surface area contributed by atoms with E-state index in [9.17, 15) is 9.59 Å². The van der Waals surface area contributed by atoms with E-state index >= 15 is 0 Å². The Morgan fingerprint density at radius 1 is 1.26 bits per heavy atom. The van der Waals surface area contributed by atoms with Crippen LogP contribution in [0.3, 0.4) is 0 Å². The van der Waals surface area contributed by atoms with Gasteiger partial charge in [0.05, 0.1) is 0 Å². The van der Waals surface area contributed by atoms with Crippen molar-refractivity contribution in [1.82, 2.24) is 10.6 Å². The van der Waals surface area contributed by atoms with Gasteiger partial charge in [0.1, 0.15) is 11.6 Å². The van der Waals surface area contributed by atoms with Crippen LogP contribution in [0.25, 0.3) is 0 Å². The number of carbonyl (C=O) groups is 2. The highest BCUT2D eigenvalue weighted by molar-refractivity contribution is 5.97. The molecule has 1 amide bonds. The third kappa shape index (κ3) is 9.65. The Morgan fingerprint density at radius 2 is 2.00 bits per heavy atom. The molecule has 0 heterocycles. The van der Waals surface area contributed by atoms with Crippen molar-refractivity contribution < 1.29 is 14.7 Å². The van der Waals surface area contributed by atoms with E-state index in [0.29, 0.717) is 19.5 Å². The number of carboxylic acid groups (broad SMARTS) is 1. The van der Waals surface area contributed by atoms with Crippen LogP contribution in [0.1, 0.15) is 39.0 Å². The predicted molar refractivity (Wildman–Crippen MR) is 71.1 cm³/mol. The third-order valence-electron chi connectivity index (χ3n) is 2.36. The lowest BCUT2D eigenvalue weighted by atomic mass is 10.2. The van der Waals surface area contributed by atoms with Crippen LogP contribution in [0.15, 0.2) is 11.8 Å². The van der Waals surface area contributed by atoms with Gasteiger partial charge in [0.15, 0.2) is 0 Å². The maximum absolute atomic E-state index is 11.5. The average molecular weight is 267 g/mol. The molecule has 3 N–H and O–H groups in total. The molecule has 0 saturated heterocycles. The fourth-order valence-corrected chi connectivity index (χ4v) is 1.34. The molecule has 0 aromatic rings. The van der Waals surface area contributed by atoms with Crippen LogP contribution in [0.4, 0.5) is 0 Å². The smallest absolute Gasteiger partial charge is 0.303 e. The van der Waals surface area contributed by atoms with Crippen molar-refractivity contribution in [3.8, 4) is 6.07 Å². The summed E-state index contributed by atoms with van der Waals surface area (Å²) in [6.07, 6.45) is 4.65. The molecule has 0 aliphatic heterocycles. The maximum atomic E-state index is 11.5. The van der Waals surface area contributed by atoms with E-state index in [4.69, 9.17) is 10.4 Å². The fourth-order valence-electron chi connectivity index (χ4n) is 1.34. The van der Waals surface area contributed by atoms with Crippen molar-refractivity contribution in [1.29, 1.82) is 5.26 Å². The lowest BCUT2D eigenvalue weighted by Crippen LogP contribution is -2.26. The molecule has 0 unspecified atom stereocenters. The van der Waals surface area contributed by atoms with Crippen LogP contribution < -0.4 is 10.6 Å². The summed E-state index contributed by atoms with van der Waals surface area (Å²) in [6, 6.07) is 1.84. The molecule has 0 rings (SSSR count). The molecule has 0 aromatic carbocycles. The highest BCUT2D eigenvalue weighted by Gasteiger charge is 2.06. The Morgan fingerprint density at radius 3 is 2.58 bits per heavy atom. The first-order chi connectivity index (χ1) is 9.11. The number of hydrogen-bond donors (Lipinski definition) is 3. The summed E-state index contributed by atoms with van der Waals surface area (Å²) < 4.78 is 0. The summed E-state index contributed by atoms with van der Waals surface area (Å²) in [7, 11) is 0. The monoisotopic (exact) mass is 267 g/mol. The van der Waals surface area contributed by atoms with Crippen LogP contribution in [0, 0.1) is 11.3 Å². The van der Waals surface area contributed by atoms with E-state index in [0.717, 1.165) is 19.3 Å². The van der Waals surface area contributed by atoms with Crippen molar-refractivity contribution in [2.75, 3.05) is 13.1 Å². The summed E-state index contributed by atoms with van der Waals surface area (Å²) in [5, 5.41) is 22.8. The van der Waals surface area contributed by atoms with E-state index in [1.807, 2.05) is 13.0 Å². The van der Waals surface area contributed by atoms with Crippen LogP contribution in [0.2, 0.25) is 0 Å². The molecule has 0 fully saturated rings. The van der Waals surface area contributed by atoms with E-state index < -0.39 is 5.97 Å². The SMILES string of the molecule is CCCNC(=O)/C(C#N)=C\NCCCCCC(=O)O. The van der Waals surface area contributed by atoms with Gasteiger partial charge >= 0.3 is 5.97 Å². The number of nitriles is 1. The molecule has 0 saturated carbocycles. The van der Waals surface area contributed by atoms with Crippen LogP contribution in [-0.4, -0.2) is 30.1 Å². The molecule has 0 spiro atoms. The standard InChI is InChI=1S/C13H21N3O3/c1-2-7-16-13(19)11(9-14)10-15-8-5-3-4-6-12(17)18/h10,15H,2-8H2,1H3,(H,16,19)(H,17,18)/b11-10-. The molecule has 0 aliphatic carbocycles. The number of carbonyl (C=O) groups excluding carboxylic acids is 1. The van der Waals surface area contributed by atoms with E-state index in [1.165, 1.54) is 6.20 Å². The molecular formula is C13H21N3O3. The van der Waals surface area contributed by atoms with Crippen molar-refractivity contribution in [2.24, 2.45) is 0 Å². The molecule has 106 valence electrons. The number of hydrogen-bond acceptors (Lipinski definition) is 4. The molecule has 6 nitrogen and oxygen atoms in total. The molecule has 0 aliphatic rings. The van der Waals surface area contributed by atoms with Gasteiger partial charge in [-0.15, -0.1) is 0 Å². The minimum absolute atomic E-state index is 0.0546. The summed E-state index contributed by atoms with van der Waals surface area (Å²) in [6.45, 7) is 3.10. The van der Waals surface area contributed by atoms with Gasteiger partial charge < -0.3 is 15.7 Å². The van der Waals surface area contributed by atoms with Gasteiger partial charge in [-0.2, -0.15) is 5.26 Å². The van der Waals surface area contributed by atoms with Crippen LogP contribution in [-0.2, 0) is 9.59 Å². The largest absolute Gasteiger partial charge is 0.481 e. The van der Waals surface area contributed by atoms with E-state index in [2.05, 4.69) is 10.6 Å². The summed E-state index contributed by atoms with van der Waals surface area (Å²) >= 11 is 0. The van der Waals surface area contributed by atoms with Crippen LogP contribution in [0.5, 0.6) is 0 Å². The van der Waals surface area contributed by atoms with Gasteiger partial charge in [0.2, 0.25) is 0 Å². The summed E-state index contributed by atoms with van der Waals surface area (Å²) in [5.41, 5.74) is 0.0546. The second kappa shape index (κ2) is 11.1. The lowest BCUT2D eigenvalue weighted by Gasteiger charge is -2.03. The quantitative estimate of drug-likeness (QED) is 0.313. The molecule has 0 atom stereocenters. The first-order valence-corrected chi connectivity index (χ1v) is 6.45. The number of nitrogens with one attached hydrogen (secondary N) is 2. The summed E-state index contributed by atoms with van der Waals surface area (Å²) in [5.74, 6) is -1.16. The first-order valence-electron chi connectivity index (χ1n) is 6.45. The van der Waals surface area contributed by atoms with Crippen molar-refractivity contribution in [3.63, 3.8) is 0 Å². The first kappa shape index (κ1) is 17.0. The maximum Gasteiger partial charge on any atom is 0.303 e. The molecular weight excluding hydrogens is 246 g/mol. The molecule has 19 heavy (non-hydrogen) atoms. The average Bonchev–Trinajstić information content (AvgIpc) is 2.39. The van der Waals surface area contributed by atoms with Crippen molar-refractivity contribution in [3.05, 3.63) is 11.8 Å². The minimum atomic E-state index is -0.785. The Hall–Kier alpha value is -2.03. The second-order valence-electron chi connectivity index (χ2n) is 4.08. The van der Waals surface area contributed by atoms with Crippen molar-refractivity contribution in [2.45, 2.75) is 39.0 Å². The lowest BCUT2D eigenvalue weighted by molar-refractivity contribution is -0.137. The topological polar surface area (TPSA) is 102 Å². The number of unbranched alkanes of at least 4 members (excludes halogenated alkanes) is 2. The number of rotatable bonds is 10. The van der Waals surface area contributed by atoms with Gasteiger partial charge in [-0.05, 0) is 19.3 Å². The summed E-state index contributed by atoms with van der Waals surface area (Å²) in [4.78, 5) is 21.7. The Balaban J connectivity index is 3.80. The van der Waals surface area contributed by atoms with Gasteiger partial charge in [-0.25, -0.2) is 0 Å². The number of aliphatic carboxylic acids is 1. The van der Waals surface area contributed by atoms with E-state index in [-0.39, 0.29) is 17.9 Å². The van der Waals surface area contributed by atoms with Crippen LogP contribution >= 0.6 is 0 Å². The number of carboxylic acids is 1. The van der Waals surface area contributed by atoms with Gasteiger partial charge in [0, 0.05) is 25.7 Å². The molecule has 6 heteroatoms. The zero-order valence-electron chi connectivity index (χ0n) is 11.2. The van der Waals surface area contributed by atoms with E-state index in [1.54, 1.807) is 0 Å². The minimum Gasteiger partial charge on any atom is -0.481 e. The molecule has 0 bridgehead atoms. The van der Waals surface area contributed by atoms with Crippen molar-refractivity contribution >= 4 is 11.9 Å². The molecule has 0 aromatic heterocycles. The third-order valence-corrected chi connectivity index (χ3v) is 2.36. The van der Waals surface area contributed by atoms with Gasteiger partial charge in [-0.3, -0.25) is 9.59 Å². The zero-order valence-corrected chi connectivity index (χ0v) is 11.2. The Kier molecular flexibility index (Phi) is 9.90. The predicted octanol–water partition coefficient (Wildman–Crippen LogP) is 1.15. The van der Waals surface area contributed by atoms with Gasteiger partial charge in [0.25, 0.3) is 5.91 Å². The van der Waals surface area contributed by atoms with Gasteiger partial charge in [-0.1, -0.05) is 13.3 Å². The second-order valence-corrected chi connectivity index (χ2v) is 4.08. The Labute approximate surface area is 113 Å².